The lowest BCUT2D eigenvalue weighted by atomic mass is 10.2. The van der Waals surface area contributed by atoms with Crippen molar-refractivity contribution in [3.05, 3.63) is 35.9 Å². The molecule has 2 rings (SSSR count). The topological polar surface area (TPSA) is 48.1 Å². The fraction of sp³-hybridized carbons (Fsp3) is 0.611. The molecule has 0 unspecified atom stereocenters. The molecule has 0 aromatic heterocycles. The van der Waals surface area contributed by atoms with Gasteiger partial charge in [-0.25, -0.2) is 0 Å². The number of nitrogens with zero attached hydrogens (tertiary/aromatic N) is 4. The molecule has 24 heavy (non-hydrogen) atoms. The Hall–Kier alpha value is -0.860. The van der Waals surface area contributed by atoms with E-state index in [9.17, 15) is 0 Å². The lowest BCUT2D eigenvalue weighted by molar-refractivity contribution is 0.130. The summed E-state index contributed by atoms with van der Waals surface area (Å²) in [6, 6.07) is 10.7. The first-order valence-corrected chi connectivity index (χ1v) is 8.76. The van der Waals surface area contributed by atoms with Crippen LogP contribution in [0.3, 0.4) is 0 Å². The molecular formula is C18H32IN5. The van der Waals surface area contributed by atoms with Crippen LogP contribution in [0.1, 0.15) is 19.4 Å². The van der Waals surface area contributed by atoms with Crippen molar-refractivity contribution < 1.29 is 0 Å². The molecule has 1 heterocycles. The van der Waals surface area contributed by atoms with Crippen LogP contribution in [0, 0.1) is 0 Å². The second-order valence-electron chi connectivity index (χ2n) is 6.02. The third kappa shape index (κ3) is 6.94. The predicted molar refractivity (Wildman–Crippen MR) is 113 cm³/mol. The highest BCUT2D eigenvalue weighted by molar-refractivity contribution is 14.0. The third-order valence-corrected chi connectivity index (χ3v) is 4.49. The van der Waals surface area contributed by atoms with Crippen LogP contribution in [0.25, 0.3) is 0 Å². The van der Waals surface area contributed by atoms with Gasteiger partial charge in [-0.2, -0.15) is 0 Å². The quantitative estimate of drug-likeness (QED) is 0.397. The van der Waals surface area contributed by atoms with Crippen LogP contribution in [-0.2, 0) is 6.54 Å². The summed E-state index contributed by atoms with van der Waals surface area (Å²) in [4.78, 5) is 11.6. The number of hydrogen-bond acceptors (Lipinski definition) is 3. The molecule has 0 spiro atoms. The van der Waals surface area contributed by atoms with E-state index in [1.807, 2.05) is 0 Å². The highest BCUT2D eigenvalue weighted by atomic mass is 127. The Morgan fingerprint density at radius 2 is 1.62 bits per heavy atom. The van der Waals surface area contributed by atoms with Crippen molar-refractivity contribution in [2.45, 2.75) is 20.4 Å². The summed E-state index contributed by atoms with van der Waals surface area (Å²) in [5, 5.41) is 0. The fourth-order valence-electron chi connectivity index (χ4n) is 2.97. The molecule has 2 N–H and O–H groups in total. The molecule has 0 radical (unpaired) electrons. The van der Waals surface area contributed by atoms with Crippen molar-refractivity contribution >= 4 is 29.9 Å². The first-order valence-electron chi connectivity index (χ1n) is 8.76. The minimum absolute atomic E-state index is 0. The van der Waals surface area contributed by atoms with E-state index in [1.165, 1.54) is 5.56 Å². The van der Waals surface area contributed by atoms with Crippen LogP contribution in [0.5, 0.6) is 0 Å². The average Bonchev–Trinajstić information content (AvgIpc) is 2.58. The van der Waals surface area contributed by atoms with Gasteiger partial charge >= 0.3 is 0 Å². The first-order chi connectivity index (χ1) is 11.2. The molecule has 1 aliphatic rings. The molecule has 1 saturated heterocycles. The van der Waals surface area contributed by atoms with Gasteiger partial charge in [0.05, 0.1) is 6.54 Å². The maximum atomic E-state index is 6.01. The Labute approximate surface area is 163 Å². The van der Waals surface area contributed by atoms with Crippen LogP contribution in [0.15, 0.2) is 35.3 Å². The zero-order valence-corrected chi connectivity index (χ0v) is 17.4. The largest absolute Gasteiger partial charge is 0.370 e. The van der Waals surface area contributed by atoms with Crippen molar-refractivity contribution in [3.8, 4) is 0 Å². The van der Waals surface area contributed by atoms with Gasteiger partial charge in [0.25, 0.3) is 0 Å². The van der Waals surface area contributed by atoms with Gasteiger partial charge in [0, 0.05) is 52.4 Å². The van der Waals surface area contributed by atoms with Crippen LogP contribution < -0.4 is 5.73 Å². The smallest absolute Gasteiger partial charge is 0.191 e. The maximum absolute atomic E-state index is 6.01. The molecule has 0 saturated carbocycles. The second-order valence-corrected chi connectivity index (χ2v) is 6.02. The number of guanidine groups is 1. The number of nitrogens with two attached hydrogens (primary N) is 1. The van der Waals surface area contributed by atoms with Gasteiger partial charge in [-0.1, -0.05) is 30.3 Å². The van der Waals surface area contributed by atoms with Crippen LogP contribution in [0.2, 0.25) is 0 Å². The summed E-state index contributed by atoms with van der Waals surface area (Å²) in [6.45, 7) is 13.4. The Balaban J connectivity index is 0.00000288. The second kappa shape index (κ2) is 11.7. The zero-order valence-electron chi connectivity index (χ0n) is 15.0. The fourth-order valence-corrected chi connectivity index (χ4v) is 2.97. The standard InChI is InChI=1S/C18H31N5.HI/c1-3-23(4-2)18(19)20-10-11-21-12-14-22(15-13-21)16-17-8-6-5-7-9-17;/h5-9H,3-4,10-16H2,1-2H3,(H2,19,20);1H. The molecule has 6 heteroatoms. The number of hydrogen-bond donors (Lipinski definition) is 1. The first kappa shape index (κ1) is 21.2. The molecule has 0 aliphatic carbocycles. The van der Waals surface area contributed by atoms with Crippen molar-refractivity contribution in [2.75, 3.05) is 52.4 Å². The molecule has 1 aromatic carbocycles. The Kier molecular flexibility index (Phi) is 10.3. The minimum Gasteiger partial charge on any atom is -0.370 e. The number of aliphatic imine (C=N–C) groups is 1. The molecule has 0 atom stereocenters. The van der Waals surface area contributed by atoms with Gasteiger partial charge in [-0.15, -0.1) is 24.0 Å². The van der Waals surface area contributed by atoms with E-state index in [-0.39, 0.29) is 24.0 Å². The molecular weight excluding hydrogens is 413 g/mol. The average molecular weight is 445 g/mol. The van der Waals surface area contributed by atoms with Gasteiger partial charge in [0.15, 0.2) is 5.96 Å². The van der Waals surface area contributed by atoms with E-state index in [1.54, 1.807) is 0 Å². The van der Waals surface area contributed by atoms with E-state index in [4.69, 9.17) is 5.73 Å². The normalized spacial score (nSPS) is 16.7. The highest BCUT2D eigenvalue weighted by Crippen LogP contribution is 2.08. The summed E-state index contributed by atoms with van der Waals surface area (Å²) in [5.41, 5.74) is 7.41. The van der Waals surface area contributed by atoms with Crippen LogP contribution in [-0.4, -0.2) is 73.0 Å². The van der Waals surface area contributed by atoms with E-state index in [0.717, 1.165) is 58.9 Å². The number of rotatable bonds is 7. The van der Waals surface area contributed by atoms with Crippen molar-refractivity contribution in [3.63, 3.8) is 0 Å². The van der Waals surface area contributed by atoms with E-state index in [0.29, 0.717) is 5.96 Å². The van der Waals surface area contributed by atoms with Crippen molar-refractivity contribution in [1.29, 1.82) is 0 Å². The SMILES string of the molecule is CCN(CC)C(N)=NCCN1CCN(Cc2ccccc2)CC1.I. The summed E-state index contributed by atoms with van der Waals surface area (Å²) in [5.74, 6) is 0.678. The third-order valence-electron chi connectivity index (χ3n) is 4.49. The summed E-state index contributed by atoms with van der Waals surface area (Å²) >= 11 is 0. The molecule has 1 aliphatic heterocycles. The Bertz CT molecular complexity index is 468. The van der Waals surface area contributed by atoms with Gasteiger partial charge in [0.2, 0.25) is 0 Å². The van der Waals surface area contributed by atoms with E-state index in [2.05, 4.69) is 63.9 Å². The molecule has 5 nitrogen and oxygen atoms in total. The maximum Gasteiger partial charge on any atom is 0.191 e. The Morgan fingerprint density at radius 1 is 1.04 bits per heavy atom. The van der Waals surface area contributed by atoms with Crippen molar-refractivity contribution in [1.82, 2.24) is 14.7 Å². The zero-order chi connectivity index (χ0) is 16.5. The molecule has 1 fully saturated rings. The van der Waals surface area contributed by atoms with E-state index >= 15 is 0 Å². The molecule has 0 amide bonds. The summed E-state index contributed by atoms with van der Waals surface area (Å²) in [6.07, 6.45) is 0. The number of halogens is 1. The van der Waals surface area contributed by atoms with E-state index < -0.39 is 0 Å². The molecule has 1 aromatic rings. The predicted octanol–water partition coefficient (Wildman–Crippen LogP) is 2.08. The van der Waals surface area contributed by atoms with Gasteiger partial charge < -0.3 is 10.6 Å². The summed E-state index contributed by atoms with van der Waals surface area (Å²) in [7, 11) is 0. The molecule has 0 bridgehead atoms. The minimum atomic E-state index is 0. The number of benzene rings is 1. The Morgan fingerprint density at radius 3 is 2.21 bits per heavy atom. The lowest BCUT2D eigenvalue weighted by Crippen LogP contribution is -2.46. The van der Waals surface area contributed by atoms with Gasteiger partial charge in [-0.3, -0.25) is 14.8 Å². The van der Waals surface area contributed by atoms with Crippen LogP contribution >= 0.6 is 24.0 Å². The summed E-state index contributed by atoms with van der Waals surface area (Å²) < 4.78 is 0. The number of piperazine rings is 1. The monoisotopic (exact) mass is 445 g/mol. The highest BCUT2D eigenvalue weighted by Gasteiger charge is 2.16. The molecule has 136 valence electrons. The van der Waals surface area contributed by atoms with Gasteiger partial charge in [-0.05, 0) is 19.4 Å². The van der Waals surface area contributed by atoms with Gasteiger partial charge in [0.1, 0.15) is 0 Å². The van der Waals surface area contributed by atoms with Crippen LogP contribution in [0.4, 0.5) is 0 Å². The lowest BCUT2D eigenvalue weighted by Gasteiger charge is -2.34. The van der Waals surface area contributed by atoms with Crippen molar-refractivity contribution in [2.24, 2.45) is 10.7 Å².